The molecule has 0 saturated carbocycles. The topological polar surface area (TPSA) is 133 Å². The van der Waals surface area contributed by atoms with Crippen LogP contribution in [0, 0.1) is 0 Å². The molecule has 0 bridgehead atoms. The van der Waals surface area contributed by atoms with Crippen LogP contribution in [0.15, 0.2) is 96.0 Å². The fourth-order valence-corrected chi connectivity index (χ4v) is 6.98. The third kappa shape index (κ3) is 7.75. The molecule has 3 heterocycles. The van der Waals surface area contributed by atoms with Gasteiger partial charge in [-0.2, -0.15) is 0 Å². The van der Waals surface area contributed by atoms with Crippen LogP contribution in [-0.4, -0.2) is 59.4 Å². The summed E-state index contributed by atoms with van der Waals surface area (Å²) in [6, 6.07) is 27.0. The summed E-state index contributed by atoms with van der Waals surface area (Å²) in [5.74, 6) is 1.05. The number of imidazole rings is 1. The van der Waals surface area contributed by atoms with Crippen LogP contribution in [-0.2, 0) is 22.0 Å². The van der Waals surface area contributed by atoms with E-state index in [4.69, 9.17) is 10.7 Å². The fourth-order valence-electron chi connectivity index (χ4n) is 5.99. The van der Waals surface area contributed by atoms with Crippen LogP contribution in [0.4, 0.5) is 17.2 Å². The highest BCUT2D eigenvalue weighted by Gasteiger charge is 2.21. The molecule has 0 radical (unpaired) electrons. The van der Waals surface area contributed by atoms with Crippen molar-refractivity contribution in [2.75, 3.05) is 41.5 Å². The summed E-state index contributed by atoms with van der Waals surface area (Å²) in [6.07, 6.45) is 1.45. The summed E-state index contributed by atoms with van der Waals surface area (Å²) in [5.41, 5.74) is 14.3. The molecular formula is C36H40Cl2N8O2S. The minimum Gasteiger partial charge on any atom is -0.399 e. The summed E-state index contributed by atoms with van der Waals surface area (Å²) >= 11 is 0. The predicted octanol–water partition coefficient (Wildman–Crippen LogP) is 7.02. The minimum absolute atomic E-state index is 0. The average molecular weight is 720 g/mol. The van der Waals surface area contributed by atoms with E-state index >= 15 is 0 Å². The molecule has 0 aliphatic carbocycles. The number of hydrogen-bond acceptors (Lipinski definition) is 8. The fraction of sp³-hybridized carbons (Fsp3) is 0.250. The van der Waals surface area contributed by atoms with Crippen molar-refractivity contribution in [3.05, 3.63) is 102 Å². The number of halogens is 2. The Labute approximate surface area is 299 Å². The van der Waals surface area contributed by atoms with Gasteiger partial charge in [-0.25, -0.2) is 18.4 Å². The summed E-state index contributed by atoms with van der Waals surface area (Å²) < 4.78 is 28.0. The van der Waals surface area contributed by atoms with Crippen LogP contribution < -0.4 is 15.4 Å². The Morgan fingerprint density at radius 1 is 0.857 bits per heavy atom. The highest BCUT2D eigenvalue weighted by Crippen LogP contribution is 2.31. The average Bonchev–Trinajstić information content (AvgIpc) is 3.50. The van der Waals surface area contributed by atoms with Crippen molar-refractivity contribution in [1.29, 1.82) is 0 Å². The molecule has 0 atom stereocenters. The van der Waals surface area contributed by atoms with E-state index in [-0.39, 0.29) is 40.9 Å². The second-order valence-electron chi connectivity index (χ2n) is 13.1. The molecule has 49 heavy (non-hydrogen) atoms. The van der Waals surface area contributed by atoms with Crippen molar-refractivity contribution in [2.24, 2.45) is 0 Å². The molecule has 0 spiro atoms. The lowest BCUT2D eigenvalue weighted by Crippen LogP contribution is -2.46. The van der Waals surface area contributed by atoms with E-state index in [1.54, 1.807) is 12.1 Å². The number of nitrogen functional groups attached to an aromatic ring is 1. The normalized spacial score (nSPS) is 14.0. The number of nitrogens with zero attached hydrogens (tertiary/aromatic N) is 5. The Hall–Kier alpha value is -4.42. The molecule has 256 valence electrons. The Morgan fingerprint density at radius 2 is 1.57 bits per heavy atom. The van der Waals surface area contributed by atoms with Crippen LogP contribution >= 0.6 is 24.8 Å². The number of aromatic amines is 1. The van der Waals surface area contributed by atoms with E-state index in [0.29, 0.717) is 16.7 Å². The molecule has 7 rings (SSSR count). The number of benzene rings is 4. The lowest BCUT2D eigenvalue weighted by Gasteiger charge is -2.36. The highest BCUT2D eigenvalue weighted by atomic mass is 35.5. The van der Waals surface area contributed by atoms with E-state index in [9.17, 15) is 8.42 Å². The number of H-pyrrole nitrogens is 1. The first-order valence-corrected chi connectivity index (χ1v) is 17.2. The van der Waals surface area contributed by atoms with Crippen molar-refractivity contribution in [2.45, 2.75) is 37.6 Å². The number of aromatic nitrogens is 4. The van der Waals surface area contributed by atoms with Gasteiger partial charge in [0.1, 0.15) is 11.3 Å². The first kappa shape index (κ1) is 35.9. The van der Waals surface area contributed by atoms with Crippen LogP contribution in [0.5, 0.6) is 0 Å². The number of para-hydroxylation sites is 1. The van der Waals surface area contributed by atoms with Crippen LogP contribution in [0.25, 0.3) is 33.5 Å². The Balaban J connectivity index is 0.00000234. The zero-order valence-corrected chi connectivity index (χ0v) is 30.0. The number of fused-ring (bicyclic) bond motifs is 2. The molecule has 4 aromatic carbocycles. The molecule has 0 amide bonds. The summed E-state index contributed by atoms with van der Waals surface area (Å²) in [7, 11) is -3.81. The quantitative estimate of drug-likeness (QED) is 0.150. The standard InChI is InChI=1S/C36H38N8O2S.2ClH/c1-36(2,3)26-10-8-25(9-11-26)35-40-30-5-4-6-32(34(30)41-35)44-19-17-43(18-20-44)23-24-7-16-29-31(21-24)38-22-33(39-29)42-47(45,46)28-14-12-27(37)13-15-28;;/h4-16,21-22H,17-20,23,37H2,1-3H3,(H,39,42)(H,40,41);2*1H. The SMILES string of the molecule is CC(C)(C)c1ccc(-c2nc3c(N4CCN(Cc5ccc6nc(NS(=O)(=O)c7ccc(N)cc7)cnc6c5)CC4)cccc3[nH]2)cc1.Cl.Cl. The lowest BCUT2D eigenvalue weighted by atomic mass is 9.87. The Morgan fingerprint density at radius 3 is 2.27 bits per heavy atom. The molecule has 1 saturated heterocycles. The monoisotopic (exact) mass is 718 g/mol. The predicted molar refractivity (Wildman–Crippen MR) is 203 cm³/mol. The first-order chi connectivity index (χ1) is 22.5. The number of hydrogen-bond donors (Lipinski definition) is 3. The number of piperazine rings is 1. The molecule has 4 N–H and O–H groups in total. The second kappa shape index (κ2) is 14.2. The van der Waals surface area contributed by atoms with Gasteiger partial charge in [0, 0.05) is 44.0 Å². The largest absolute Gasteiger partial charge is 0.399 e. The van der Waals surface area contributed by atoms with E-state index < -0.39 is 10.0 Å². The molecular weight excluding hydrogens is 679 g/mol. The zero-order valence-electron chi connectivity index (χ0n) is 27.6. The van der Waals surface area contributed by atoms with Crippen molar-refractivity contribution >= 4 is 74.1 Å². The smallest absolute Gasteiger partial charge is 0.263 e. The maximum atomic E-state index is 12.8. The van der Waals surface area contributed by atoms with Gasteiger partial charge in [-0.05, 0) is 65.1 Å². The van der Waals surface area contributed by atoms with Gasteiger partial charge in [-0.15, -0.1) is 24.8 Å². The number of nitrogens with one attached hydrogen (secondary N) is 2. The summed E-state index contributed by atoms with van der Waals surface area (Å²) in [5, 5.41) is 0. The molecule has 10 nitrogen and oxygen atoms in total. The van der Waals surface area contributed by atoms with Gasteiger partial charge < -0.3 is 15.6 Å². The Bertz CT molecular complexity index is 2180. The van der Waals surface area contributed by atoms with Gasteiger partial charge in [-0.1, -0.05) is 57.2 Å². The molecule has 2 aromatic heterocycles. The van der Waals surface area contributed by atoms with Gasteiger partial charge in [0.25, 0.3) is 10.0 Å². The van der Waals surface area contributed by atoms with E-state index in [0.717, 1.165) is 66.4 Å². The number of rotatable bonds is 7. The maximum Gasteiger partial charge on any atom is 0.263 e. The van der Waals surface area contributed by atoms with Gasteiger partial charge in [0.15, 0.2) is 5.82 Å². The number of anilines is 3. The maximum absolute atomic E-state index is 12.8. The van der Waals surface area contributed by atoms with Crippen LogP contribution in [0.1, 0.15) is 31.9 Å². The Kier molecular flexibility index (Phi) is 10.4. The van der Waals surface area contributed by atoms with Crippen molar-refractivity contribution in [3.63, 3.8) is 0 Å². The third-order valence-electron chi connectivity index (χ3n) is 8.67. The lowest BCUT2D eigenvalue weighted by molar-refractivity contribution is 0.250. The van der Waals surface area contributed by atoms with Crippen LogP contribution in [0.3, 0.4) is 0 Å². The minimum atomic E-state index is -3.81. The number of nitrogens with two attached hydrogens (primary N) is 1. The first-order valence-electron chi connectivity index (χ1n) is 15.7. The van der Waals surface area contributed by atoms with Gasteiger partial charge >= 0.3 is 0 Å². The van der Waals surface area contributed by atoms with Gasteiger partial charge in [0.05, 0.1) is 33.3 Å². The van der Waals surface area contributed by atoms with E-state index in [1.165, 1.54) is 23.9 Å². The van der Waals surface area contributed by atoms with Crippen molar-refractivity contribution < 1.29 is 8.42 Å². The summed E-state index contributed by atoms with van der Waals surface area (Å²) in [6.45, 7) is 11.1. The third-order valence-corrected chi connectivity index (χ3v) is 10.0. The molecule has 6 aromatic rings. The highest BCUT2D eigenvalue weighted by molar-refractivity contribution is 7.92. The van der Waals surface area contributed by atoms with Crippen molar-refractivity contribution in [3.8, 4) is 11.4 Å². The van der Waals surface area contributed by atoms with Crippen LogP contribution in [0.2, 0.25) is 0 Å². The zero-order chi connectivity index (χ0) is 32.8. The molecule has 1 fully saturated rings. The van der Waals surface area contributed by atoms with Gasteiger partial charge in [-0.3, -0.25) is 14.6 Å². The molecule has 0 unspecified atom stereocenters. The molecule has 1 aliphatic heterocycles. The molecule has 13 heteroatoms. The van der Waals surface area contributed by atoms with E-state index in [2.05, 4.69) is 92.7 Å². The van der Waals surface area contributed by atoms with Crippen molar-refractivity contribution in [1.82, 2.24) is 24.8 Å². The molecule has 1 aliphatic rings. The van der Waals surface area contributed by atoms with E-state index in [1.807, 2.05) is 18.2 Å². The van der Waals surface area contributed by atoms with Gasteiger partial charge in [0.2, 0.25) is 0 Å². The second-order valence-corrected chi connectivity index (χ2v) is 14.8. The number of sulfonamides is 1. The summed E-state index contributed by atoms with van der Waals surface area (Å²) in [4.78, 5) is 22.5.